The van der Waals surface area contributed by atoms with Crippen LogP contribution in [0.2, 0.25) is 0 Å². The highest BCUT2D eigenvalue weighted by molar-refractivity contribution is 7.32. The standard InChI is InChI=1S/C3H4N4P/c1-2-4-6(3-1)7-5-8-7/h1-3,8H/q+1. The molecule has 0 aliphatic carbocycles. The molecule has 1 aromatic rings. The molecule has 1 aromatic heterocycles. The van der Waals surface area contributed by atoms with E-state index in [2.05, 4.69) is 9.98 Å². The van der Waals surface area contributed by atoms with Gasteiger partial charge in [0.15, 0.2) is 6.20 Å². The van der Waals surface area contributed by atoms with Crippen LogP contribution < -0.4 is 0 Å². The molecule has 2 heterocycles. The second-order valence-corrected chi connectivity index (χ2v) is 2.22. The second-order valence-electron chi connectivity index (χ2n) is 1.42. The molecule has 5 heteroatoms. The number of rotatable bonds is 1. The Kier molecular flexibility index (Phi) is 0.704. The van der Waals surface area contributed by atoms with Gasteiger partial charge >= 0.3 is 8.88 Å². The van der Waals surface area contributed by atoms with Crippen molar-refractivity contribution in [2.45, 2.75) is 0 Å². The lowest BCUT2D eigenvalue weighted by Gasteiger charge is -1.72. The first kappa shape index (κ1) is 4.15. The zero-order valence-electron chi connectivity index (χ0n) is 4.02. The molecule has 0 N–H and O–H groups in total. The van der Waals surface area contributed by atoms with Crippen LogP contribution in [0.4, 0.5) is 0 Å². The van der Waals surface area contributed by atoms with Crippen molar-refractivity contribution in [1.29, 1.82) is 0 Å². The van der Waals surface area contributed by atoms with E-state index in [0.29, 0.717) is 8.88 Å². The molecule has 40 valence electrons. The van der Waals surface area contributed by atoms with Gasteiger partial charge in [-0.25, -0.2) is 0 Å². The normalized spacial score (nSPS) is 18.8. The Balaban J connectivity index is 2.41. The van der Waals surface area contributed by atoms with Gasteiger partial charge in [-0.1, -0.05) is 0 Å². The third-order valence-electron chi connectivity index (χ3n) is 0.874. The van der Waals surface area contributed by atoms with E-state index in [4.69, 9.17) is 0 Å². The van der Waals surface area contributed by atoms with Crippen LogP contribution in [-0.2, 0) is 0 Å². The number of hydrogen-bond donors (Lipinski definition) is 0. The van der Waals surface area contributed by atoms with Crippen molar-refractivity contribution in [3.8, 4) is 0 Å². The summed E-state index contributed by atoms with van der Waals surface area (Å²) in [7, 11) is 0.578. The molecular weight excluding hydrogens is 123 g/mol. The van der Waals surface area contributed by atoms with Crippen molar-refractivity contribution in [1.82, 2.24) is 9.89 Å². The van der Waals surface area contributed by atoms with E-state index in [9.17, 15) is 0 Å². The van der Waals surface area contributed by atoms with Crippen LogP contribution in [0.1, 0.15) is 0 Å². The van der Waals surface area contributed by atoms with Gasteiger partial charge in [-0.15, -0.1) is 0 Å². The smallest absolute Gasteiger partial charge is 0.0254 e. The minimum absolute atomic E-state index is 0.578. The third kappa shape index (κ3) is 0.537. The van der Waals surface area contributed by atoms with Gasteiger partial charge in [-0.3, -0.25) is 0 Å². The summed E-state index contributed by atoms with van der Waals surface area (Å²) < 4.78 is 1.79. The molecule has 0 bridgehead atoms. The molecule has 8 heavy (non-hydrogen) atoms. The highest BCUT2D eigenvalue weighted by Gasteiger charge is 2.18. The molecule has 1 aliphatic rings. The molecule has 1 aliphatic heterocycles. The quantitative estimate of drug-likeness (QED) is 0.509. The molecule has 0 radical (unpaired) electrons. The van der Waals surface area contributed by atoms with Crippen LogP contribution in [0.15, 0.2) is 23.3 Å². The van der Waals surface area contributed by atoms with Crippen molar-refractivity contribution in [2.24, 2.45) is 4.88 Å². The monoisotopic (exact) mass is 127 g/mol. The second kappa shape index (κ2) is 1.36. The Labute approximate surface area is 47.7 Å². The van der Waals surface area contributed by atoms with Crippen LogP contribution in [-0.4, -0.2) is 14.5 Å². The molecule has 1 unspecified atom stereocenters. The first-order valence-electron chi connectivity index (χ1n) is 2.23. The topological polar surface area (TPSA) is 33.2 Å². The summed E-state index contributed by atoms with van der Waals surface area (Å²) in [5.41, 5.74) is 0. The fourth-order valence-electron chi connectivity index (χ4n) is 0.484. The zero-order chi connectivity index (χ0) is 5.40. The van der Waals surface area contributed by atoms with Crippen LogP contribution in [0.3, 0.4) is 0 Å². The van der Waals surface area contributed by atoms with Gasteiger partial charge in [-0.2, -0.15) is 0 Å². The van der Waals surface area contributed by atoms with Crippen molar-refractivity contribution >= 4 is 8.88 Å². The number of nitrogens with zero attached hydrogens (tertiary/aromatic N) is 4. The minimum Gasteiger partial charge on any atom is -0.0254 e. The lowest BCUT2D eigenvalue weighted by Crippen LogP contribution is -1.97. The van der Waals surface area contributed by atoms with Crippen molar-refractivity contribution in [3.05, 3.63) is 18.5 Å². The number of aromatic nitrogens is 2. The van der Waals surface area contributed by atoms with E-state index in [1.54, 1.807) is 15.6 Å². The lowest BCUT2D eigenvalue weighted by atomic mass is 10.8. The van der Waals surface area contributed by atoms with Gasteiger partial charge in [0.1, 0.15) is 0 Å². The molecule has 0 saturated heterocycles. The summed E-state index contributed by atoms with van der Waals surface area (Å²) in [6, 6.07) is 1.87. The zero-order valence-corrected chi connectivity index (χ0v) is 5.02. The Morgan fingerprint density at radius 3 is 3.00 bits per heavy atom. The molecular formula is C3H4N4P+. The van der Waals surface area contributed by atoms with Gasteiger partial charge < -0.3 is 0 Å². The Bertz CT molecular complexity index is 213. The maximum Gasteiger partial charge on any atom is 0.301 e. The highest BCUT2D eigenvalue weighted by atomic mass is 31.1. The highest BCUT2D eigenvalue weighted by Crippen LogP contribution is 2.29. The van der Waals surface area contributed by atoms with Crippen molar-refractivity contribution in [2.75, 3.05) is 0 Å². The Hall–Kier alpha value is -0.760. The van der Waals surface area contributed by atoms with E-state index >= 15 is 0 Å². The summed E-state index contributed by atoms with van der Waals surface area (Å²) in [5, 5.41) is 3.93. The van der Waals surface area contributed by atoms with Crippen molar-refractivity contribution < 1.29 is 4.58 Å². The maximum absolute atomic E-state index is 3.93. The van der Waals surface area contributed by atoms with Gasteiger partial charge in [0.2, 0.25) is 0 Å². The summed E-state index contributed by atoms with van der Waals surface area (Å²) in [4.78, 5) is 5.61. The molecule has 0 aromatic carbocycles. The van der Waals surface area contributed by atoms with Gasteiger partial charge in [-0.05, 0) is 9.46 Å². The molecule has 1 atom stereocenters. The van der Waals surface area contributed by atoms with E-state index < -0.39 is 0 Å². The molecule has 4 nitrogen and oxygen atoms in total. The average Bonchev–Trinajstić information content (AvgIpc) is 2.49. The van der Waals surface area contributed by atoms with Crippen LogP contribution >= 0.6 is 8.88 Å². The summed E-state index contributed by atoms with van der Waals surface area (Å²) >= 11 is 0. The summed E-state index contributed by atoms with van der Waals surface area (Å²) in [5.74, 6) is 0. The van der Waals surface area contributed by atoms with E-state index in [1.165, 1.54) is 0 Å². The van der Waals surface area contributed by atoms with Gasteiger partial charge in [0.25, 0.3) is 0 Å². The molecule has 0 fully saturated rings. The average molecular weight is 127 g/mol. The van der Waals surface area contributed by atoms with E-state index in [0.717, 1.165) is 0 Å². The summed E-state index contributed by atoms with van der Waals surface area (Å²) in [6.45, 7) is 0. The van der Waals surface area contributed by atoms with Crippen LogP contribution in [0.5, 0.6) is 0 Å². The maximum atomic E-state index is 3.93. The van der Waals surface area contributed by atoms with Crippen LogP contribution in [0, 0.1) is 0 Å². The Morgan fingerprint density at radius 1 is 1.62 bits per heavy atom. The lowest BCUT2D eigenvalue weighted by molar-refractivity contribution is -0.448. The first-order valence-corrected chi connectivity index (χ1v) is 3.12. The third-order valence-corrected chi connectivity index (χ3v) is 1.46. The Morgan fingerprint density at radius 2 is 2.50 bits per heavy atom. The summed E-state index contributed by atoms with van der Waals surface area (Å²) in [6.07, 6.45) is 3.60. The molecule has 2 rings (SSSR count). The molecule has 0 spiro atoms. The van der Waals surface area contributed by atoms with E-state index in [1.807, 2.05) is 12.3 Å². The largest absolute Gasteiger partial charge is 0.301 e. The van der Waals surface area contributed by atoms with E-state index in [-0.39, 0.29) is 0 Å². The SMILES string of the molecule is c1cnn([N+]2=NP2)c1. The minimum atomic E-state index is 0.578. The van der Waals surface area contributed by atoms with Gasteiger partial charge in [0, 0.05) is 16.0 Å². The fourth-order valence-corrected chi connectivity index (χ4v) is 0.826. The number of hydrogen-bond acceptors (Lipinski definition) is 2. The van der Waals surface area contributed by atoms with Crippen molar-refractivity contribution in [3.63, 3.8) is 0 Å². The predicted molar refractivity (Wildman–Crippen MR) is 28.6 cm³/mol. The fraction of sp³-hybridized carbons (Fsp3) is 0. The molecule has 0 amide bonds. The molecule has 0 saturated carbocycles. The van der Waals surface area contributed by atoms with Gasteiger partial charge in [0.05, 0.1) is 6.20 Å². The first-order chi connectivity index (χ1) is 3.97. The van der Waals surface area contributed by atoms with Crippen LogP contribution in [0.25, 0.3) is 0 Å². The predicted octanol–water partition coefficient (Wildman–Crippen LogP) is 0.633.